The summed E-state index contributed by atoms with van der Waals surface area (Å²) in [5.41, 5.74) is 0.828. The van der Waals surface area contributed by atoms with Crippen molar-refractivity contribution in [2.45, 2.75) is 44.7 Å². The molecule has 1 aliphatic carbocycles. The van der Waals surface area contributed by atoms with Crippen molar-refractivity contribution in [3.63, 3.8) is 0 Å². The van der Waals surface area contributed by atoms with Crippen LogP contribution in [0.5, 0.6) is 5.88 Å². The molecule has 6 aromatic rings. The summed E-state index contributed by atoms with van der Waals surface area (Å²) in [5.74, 6) is -1.78. The van der Waals surface area contributed by atoms with Gasteiger partial charge in [-0.2, -0.15) is 15.2 Å². The molecular weight excluding hydrogens is 720 g/mol. The molecule has 1 atom stereocenters. The minimum Gasteiger partial charge on any atom is -0.478 e. The van der Waals surface area contributed by atoms with Gasteiger partial charge in [-0.05, 0) is 61.7 Å². The van der Waals surface area contributed by atoms with Crippen LogP contribution in [0.4, 0.5) is 14.6 Å². The lowest BCUT2D eigenvalue weighted by molar-refractivity contribution is -0.122. The van der Waals surface area contributed by atoms with Gasteiger partial charge in [-0.1, -0.05) is 11.6 Å². The van der Waals surface area contributed by atoms with Crippen LogP contribution in [0.25, 0.3) is 27.6 Å². The molecule has 0 aliphatic heterocycles. The minimum atomic E-state index is -3.80. The van der Waals surface area contributed by atoms with Crippen molar-refractivity contribution in [3.05, 3.63) is 98.8 Å². The molecule has 0 radical (unpaired) electrons. The summed E-state index contributed by atoms with van der Waals surface area (Å²) in [5, 5.41) is 12.2. The number of fused-ring (bicyclic) bond motifs is 2. The Labute approximate surface area is 300 Å². The first-order valence-corrected chi connectivity index (χ1v) is 18.5. The average molecular weight is 752 g/mol. The molecule has 7 rings (SSSR count). The predicted octanol–water partition coefficient (Wildman–Crippen LogP) is 4.54. The van der Waals surface area contributed by atoms with Gasteiger partial charge in [-0.25, -0.2) is 22.2 Å². The number of hydrogen-bond acceptors (Lipinski definition) is 9. The third-order valence-corrected chi connectivity index (χ3v) is 9.31. The van der Waals surface area contributed by atoms with Crippen molar-refractivity contribution in [1.29, 1.82) is 0 Å². The monoisotopic (exact) mass is 751 g/mol. The van der Waals surface area contributed by atoms with Crippen molar-refractivity contribution >= 4 is 55.3 Å². The highest BCUT2D eigenvalue weighted by molar-refractivity contribution is 7.92. The first kappa shape index (κ1) is 35.0. The van der Waals surface area contributed by atoms with E-state index >= 15 is 0 Å². The highest BCUT2D eigenvalue weighted by Crippen LogP contribution is 2.39. The van der Waals surface area contributed by atoms with E-state index in [1.54, 1.807) is 20.2 Å². The third kappa shape index (κ3) is 7.18. The lowest BCUT2D eigenvalue weighted by Crippen LogP contribution is -2.37. The summed E-state index contributed by atoms with van der Waals surface area (Å²) in [6, 6.07) is 9.66. The van der Waals surface area contributed by atoms with Crippen LogP contribution in [0.3, 0.4) is 0 Å². The van der Waals surface area contributed by atoms with E-state index in [0.29, 0.717) is 5.92 Å². The zero-order valence-corrected chi connectivity index (χ0v) is 29.7. The Balaban J connectivity index is 1.45. The van der Waals surface area contributed by atoms with Crippen LogP contribution in [0, 0.1) is 11.6 Å². The molecule has 2 aromatic carbocycles. The summed E-state index contributed by atoms with van der Waals surface area (Å²) < 4.78 is 65.5. The number of rotatable bonds is 12. The number of aromatic nitrogens is 7. The molecule has 270 valence electrons. The standard InChI is InChI=1S/C34H32ClF2N9O5S/c1-4-51-28-10-7-22-31(39-28)40-33(46(34(22)48)26-9-8-23(35)29-30(26)44(2)42-32(29)43-52(3,49)50)25(15-18-13-20(36)16-21(37)14-18)38-27(47)17-45-12-11-24(41-45)19-5-6-19/h7-14,16,19,25H,4-6,15,17H2,1-3H3,(H,38,47)(H,42,43). The maximum Gasteiger partial charge on any atom is 0.267 e. The van der Waals surface area contributed by atoms with Gasteiger partial charge in [0.25, 0.3) is 5.56 Å². The lowest BCUT2D eigenvalue weighted by atomic mass is 10.0. The van der Waals surface area contributed by atoms with Crippen molar-refractivity contribution in [1.82, 2.24) is 39.4 Å². The Bertz CT molecular complexity index is 2530. The highest BCUT2D eigenvalue weighted by atomic mass is 35.5. The molecule has 52 heavy (non-hydrogen) atoms. The number of nitrogens with one attached hydrogen (secondary N) is 2. The Morgan fingerprint density at radius 2 is 1.83 bits per heavy atom. The zero-order valence-electron chi connectivity index (χ0n) is 28.1. The van der Waals surface area contributed by atoms with Crippen LogP contribution in [0.1, 0.15) is 48.8 Å². The second-order valence-electron chi connectivity index (χ2n) is 12.5. The molecule has 4 heterocycles. The fraction of sp³-hybridized carbons (Fsp3) is 0.294. The molecule has 4 aromatic heterocycles. The number of amides is 1. The molecule has 0 spiro atoms. The highest BCUT2D eigenvalue weighted by Gasteiger charge is 2.29. The number of halogens is 3. The number of benzene rings is 2. The molecule has 1 fully saturated rings. The van der Waals surface area contributed by atoms with Crippen molar-refractivity contribution in [2.75, 3.05) is 17.6 Å². The number of sulfonamides is 1. The Morgan fingerprint density at radius 3 is 2.52 bits per heavy atom. The van der Waals surface area contributed by atoms with Gasteiger partial charge in [0.2, 0.25) is 21.8 Å². The quantitative estimate of drug-likeness (QED) is 0.182. The van der Waals surface area contributed by atoms with Crippen LogP contribution < -0.4 is 20.3 Å². The number of carbonyl (C=O) groups excluding carboxylic acids is 1. The lowest BCUT2D eigenvalue weighted by Gasteiger charge is -2.23. The smallest absolute Gasteiger partial charge is 0.267 e. The Morgan fingerprint density at radius 1 is 1.08 bits per heavy atom. The van der Waals surface area contributed by atoms with Crippen LogP contribution in [-0.4, -0.2) is 61.3 Å². The van der Waals surface area contributed by atoms with Gasteiger partial charge in [-0.3, -0.25) is 28.2 Å². The van der Waals surface area contributed by atoms with Gasteiger partial charge in [0, 0.05) is 37.7 Å². The average Bonchev–Trinajstić information content (AvgIpc) is 3.72. The van der Waals surface area contributed by atoms with Gasteiger partial charge >= 0.3 is 0 Å². The fourth-order valence-electron chi connectivity index (χ4n) is 6.17. The van der Waals surface area contributed by atoms with Crippen LogP contribution in [0.15, 0.2) is 59.5 Å². The summed E-state index contributed by atoms with van der Waals surface area (Å²) >= 11 is 6.60. The van der Waals surface area contributed by atoms with E-state index in [4.69, 9.17) is 21.3 Å². The maximum absolute atomic E-state index is 14.6. The number of carbonyl (C=O) groups is 1. The van der Waals surface area contributed by atoms with Gasteiger partial charge in [0.05, 0.1) is 51.6 Å². The fourth-order valence-corrected chi connectivity index (χ4v) is 6.90. The number of ether oxygens (including phenoxy) is 1. The van der Waals surface area contributed by atoms with E-state index in [0.717, 1.165) is 43.0 Å². The predicted molar refractivity (Wildman–Crippen MR) is 189 cm³/mol. The molecule has 14 nitrogen and oxygen atoms in total. The normalized spacial score (nSPS) is 13.8. The number of anilines is 1. The SMILES string of the molecule is CCOc1ccc2c(=O)n(-c3ccc(Cl)c4c(NS(C)(=O)=O)nn(C)c34)c(C(Cc3cc(F)cc(F)c3)NC(=O)Cn3ccc(C4CC4)n3)nc2n1. The van der Waals surface area contributed by atoms with Gasteiger partial charge in [0.1, 0.15) is 24.0 Å². The molecule has 1 amide bonds. The topological polar surface area (TPSA) is 168 Å². The van der Waals surface area contributed by atoms with Crippen LogP contribution >= 0.6 is 11.6 Å². The number of nitrogens with zero attached hydrogens (tertiary/aromatic N) is 7. The van der Waals surface area contributed by atoms with Crippen molar-refractivity contribution < 1.29 is 26.7 Å². The summed E-state index contributed by atoms with van der Waals surface area (Å²) in [6.07, 6.45) is 4.50. The molecule has 1 saturated carbocycles. The molecule has 0 saturated heterocycles. The van der Waals surface area contributed by atoms with E-state index < -0.39 is 39.2 Å². The minimum absolute atomic E-state index is 0.0114. The maximum atomic E-state index is 14.6. The zero-order chi connectivity index (χ0) is 36.9. The molecular formula is C34H32ClF2N9O5S. The van der Waals surface area contributed by atoms with Crippen molar-refractivity contribution in [2.24, 2.45) is 7.05 Å². The second kappa shape index (κ2) is 13.6. The van der Waals surface area contributed by atoms with Gasteiger partial charge in [0.15, 0.2) is 11.5 Å². The summed E-state index contributed by atoms with van der Waals surface area (Å²) in [6.45, 7) is 1.86. The van der Waals surface area contributed by atoms with E-state index in [2.05, 4.69) is 25.2 Å². The van der Waals surface area contributed by atoms with Crippen LogP contribution in [0.2, 0.25) is 5.02 Å². The third-order valence-electron chi connectivity index (χ3n) is 8.44. The molecule has 0 bridgehead atoms. The number of pyridine rings is 1. The van der Waals surface area contributed by atoms with Crippen LogP contribution in [-0.2, 0) is 34.8 Å². The van der Waals surface area contributed by atoms with E-state index in [1.165, 1.54) is 38.2 Å². The second-order valence-corrected chi connectivity index (χ2v) is 14.7. The number of aryl methyl sites for hydroxylation is 1. The van der Waals surface area contributed by atoms with E-state index in [1.807, 2.05) is 6.07 Å². The molecule has 18 heteroatoms. The molecule has 2 N–H and O–H groups in total. The first-order chi connectivity index (χ1) is 24.8. The van der Waals surface area contributed by atoms with Gasteiger partial charge < -0.3 is 10.1 Å². The number of hydrogen-bond donors (Lipinski definition) is 2. The Hall–Kier alpha value is -5.42. The Kier molecular flexibility index (Phi) is 9.16. The van der Waals surface area contributed by atoms with E-state index in [9.17, 15) is 26.8 Å². The molecule has 1 unspecified atom stereocenters. The first-order valence-electron chi connectivity index (χ1n) is 16.3. The van der Waals surface area contributed by atoms with Gasteiger partial charge in [-0.15, -0.1) is 0 Å². The van der Waals surface area contributed by atoms with Crippen molar-refractivity contribution in [3.8, 4) is 11.6 Å². The summed E-state index contributed by atoms with van der Waals surface area (Å²) in [7, 11) is -2.26. The van der Waals surface area contributed by atoms with E-state index in [-0.39, 0.29) is 75.3 Å². The summed E-state index contributed by atoms with van der Waals surface area (Å²) in [4.78, 5) is 37.6. The largest absolute Gasteiger partial charge is 0.478 e. The molecule has 1 aliphatic rings.